The summed E-state index contributed by atoms with van der Waals surface area (Å²) in [5.41, 5.74) is 5.21. The Balaban J connectivity index is 1.46. The second-order valence-corrected chi connectivity index (χ2v) is 11.1. The minimum Gasteiger partial charge on any atom is -0.366 e. The summed E-state index contributed by atoms with van der Waals surface area (Å²) in [6.07, 6.45) is 10.5. The summed E-state index contributed by atoms with van der Waals surface area (Å²) in [5, 5.41) is 10.8. The lowest BCUT2D eigenvalue weighted by Crippen LogP contribution is -2.49. The summed E-state index contributed by atoms with van der Waals surface area (Å²) in [6.45, 7) is 6.65. The summed E-state index contributed by atoms with van der Waals surface area (Å²) in [4.78, 5) is 23.1. The lowest BCUT2D eigenvalue weighted by molar-refractivity contribution is 0.236. The van der Waals surface area contributed by atoms with Gasteiger partial charge in [-0.05, 0) is 54.8 Å². The van der Waals surface area contributed by atoms with Gasteiger partial charge in [-0.1, -0.05) is 38.5 Å². The Kier molecular flexibility index (Phi) is 4.96. The van der Waals surface area contributed by atoms with E-state index in [-0.39, 0.29) is 5.41 Å². The average molecular weight is 478 g/mol. The molecule has 7 rings (SSSR count). The van der Waals surface area contributed by atoms with Crippen LogP contribution in [0.15, 0.2) is 48.9 Å². The van der Waals surface area contributed by atoms with Crippen molar-refractivity contribution >= 4 is 38.7 Å². The molecule has 1 saturated carbocycles. The van der Waals surface area contributed by atoms with E-state index in [1.165, 1.54) is 24.8 Å². The summed E-state index contributed by atoms with van der Waals surface area (Å²) in [7, 11) is 0. The predicted octanol–water partition coefficient (Wildman–Crippen LogP) is 5.79. The van der Waals surface area contributed by atoms with E-state index in [9.17, 15) is 0 Å². The topological polar surface area (TPSA) is 91.4 Å². The molecule has 5 aromatic rings. The van der Waals surface area contributed by atoms with Crippen LogP contribution in [0.2, 0.25) is 0 Å². The molecule has 1 aliphatic carbocycles. The number of anilines is 1. The molecule has 7 heteroatoms. The third-order valence-electron chi connectivity index (χ3n) is 8.27. The van der Waals surface area contributed by atoms with Gasteiger partial charge in [0.1, 0.15) is 11.5 Å². The Hall–Kier alpha value is -3.58. The fourth-order valence-electron chi connectivity index (χ4n) is 5.92. The molecule has 5 heterocycles. The molecular formula is C29H31N7. The molecular weight excluding hydrogens is 446 g/mol. The zero-order valence-electron chi connectivity index (χ0n) is 20.8. The lowest BCUT2D eigenvalue weighted by Gasteiger charge is -2.40. The quantitative estimate of drug-likeness (QED) is 0.304. The van der Waals surface area contributed by atoms with E-state index >= 15 is 0 Å². The highest BCUT2D eigenvalue weighted by atomic mass is 15.1. The van der Waals surface area contributed by atoms with E-state index in [4.69, 9.17) is 9.97 Å². The second-order valence-electron chi connectivity index (χ2n) is 11.1. The molecule has 182 valence electrons. The Bertz CT molecular complexity index is 1600. The van der Waals surface area contributed by atoms with Gasteiger partial charge in [0.05, 0.1) is 11.7 Å². The maximum atomic E-state index is 5.26. The first-order chi connectivity index (χ1) is 17.6. The first-order valence-corrected chi connectivity index (χ1v) is 13.1. The van der Waals surface area contributed by atoms with Crippen molar-refractivity contribution in [1.82, 2.24) is 30.2 Å². The highest BCUT2D eigenvalue weighted by Crippen LogP contribution is 2.42. The fraction of sp³-hybridized carbons (Fsp3) is 0.379. The molecule has 0 bridgehead atoms. The van der Waals surface area contributed by atoms with Gasteiger partial charge < -0.3 is 15.6 Å². The Morgan fingerprint density at radius 3 is 2.72 bits per heavy atom. The Morgan fingerprint density at radius 2 is 1.89 bits per heavy atom. The average Bonchev–Trinajstić information content (AvgIpc) is 3.23. The van der Waals surface area contributed by atoms with Crippen LogP contribution in [-0.2, 0) is 0 Å². The van der Waals surface area contributed by atoms with Crippen molar-refractivity contribution in [2.45, 2.75) is 51.5 Å². The number of nitrogens with one attached hydrogen (secondary N) is 3. The molecule has 1 aromatic carbocycles. The molecule has 0 unspecified atom stereocenters. The molecule has 0 spiro atoms. The van der Waals surface area contributed by atoms with Crippen molar-refractivity contribution in [3.63, 3.8) is 0 Å². The third kappa shape index (κ3) is 3.45. The molecule has 7 nitrogen and oxygen atoms in total. The number of fused-ring (bicyclic) bond motifs is 4. The Labute approximate surface area is 210 Å². The van der Waals surface area contributed by atoms with Gasteiger partial charge in [-0.2, -0.15) is 0 Å². The molecule has 2 aliphatic rings. The van der Waals surface area contributed by atoms with Gasteiger partial charge in [0, 0.05) is 52.2 Å². The van der Waals surface area contributed by atoms with Gasteiger partial charge >= 0.3 is 0 Å². The minimum absolute atomic E-state index is 0.111. The van der Waals surface area contributed by atoms with Crippen LogP contribution in [0, 0.1) is 5.41 Å². The van der Waals surface area contributed by atoms with Crippen LogP contribution in [-0.4, -0.2) is 44.1 Å². The van der Waals surface area contributed by atoms with Crippen molar-refractivity contribution < 1.29 is 0 Å². The first kappa shape index (κ1) is 21.7. The molecule has 36 heavy (non-hydrogen) atoms. The number of aromatic nitrogens is 5. The van der Waals surface area contributed by atoms with Gasteiger partial charge in [-0.15, -0.1) is 0 Å². The highest BCUT2D eigenvalue weighted by molar-refractivity contribution is 6.12. The zero-order valence-corrected chi connectivity index (χ0v) is 20.8. The molecule has 2 fully saturated rings. The second kappa shape index (κ2) is 8.23. The maximum absolute atomic E-state index is 5.26. The molecule has 0 radical (unpaired) electrons. The van der Waals surface area contributed by atoms with E-state index in [0.717, 1.165) is 63.7 Å². The summed E-state index contributed by atoms with van der Waals surface area (Å²) < 4.78 is 0. The van der Waals surface area contributed by atoms with E-state index in [0.29, 0.717) is 17.8 Å². The van der Waals surface area contributed by atoms with Crippen LogP contribution in [0.1, 0.15) is 51.0 Å². The normalized spacial score (nSPS) is 20.1. The van der Waals surface area contributed by atoms with Gasteiger partial charge in [0.25, 0.3) is 0 Å². The van der Waals surface area contributed by atoms with Crippen LogP contribution in [0.3, 0.4) is 0 Å². The fourth-order valence-corrected chi connectivity index (χ4v) is 5.92. The Morgan fingerprint density at radius 1 is 1.00 bits per heavy atom. The zero-order chi connectivity index (χ0) is 24.3. The van der Waals surface area contributed by atoms with Crippen molar-refractivity contribution in [2.75, 3.05) is 18.4 Å². The van der Waals surface area contributed by atoms with Crippen molar-refractivity contribution in [2.24, 2.45) is 5.41 Å². The highest BCUT2D eigenvalue weighted by Gasteiger charge is 2.34. The van der Waals surface area contributed by atoms with Crippen molar-refractivity contribution in [1.29, 1.82) is 0 Å². The number of pyridine rings is 2. The number of hydrogen-bond acceptors (Lipinski definition) is 6. The number of aromatic amines is 1. The van der Waals surface area contributed by atoms with Crippen LogP contribution >= 0.6 is 0 Å². The smallest absolute Gasteiger partial charge is 0.163 e. The summed E-state index contributed by atoms with van der Waals surface area (Å²) >= 11 is 0. The first-order valence-electron chi connectivity index (χ1n) is 13.1. The monoisotopic (exact) mass is 477 g/mol. The number of H-pyrrole nitrogens is 1. The number of piperidine rings is 1. The number of benzene rings is 1. The maximum Gasteiger partial charge on any atom is 0.163 e. The number of hydrogen-bond donors (Lipinski definition) is 3. The van der Waals surface area contributed by atoms with Gasteiger partial charge in [0.2, 0.25) is 0 Å². The van der Waals surface area contributed by atoms with Crippen LogP contribution in [0.25, 0.3) is 44.2 Å². The van der Waals surface area contributed by atoms with Gasteiger partial charge in [-0.25, -0.2) is 15.0 Å². The largest absolute Gasteiger partial charge is 0.366 e. The third-order valence-corrected chi connectivity index (χ3v) is 8.27. The molecule has 0 amide bonds. The van der Waals surface area contributed by atoms with Crippen LogP contribution in [0.4, 0.5) is 5.82 Å². The predicted molar refractivity (Wildman–Crippen MR) is 145 cm³/mol. The number of nitrogens with zero attached hydrogens (tertiary/aromatic N) is 4. The van der Waals surface area contributed by atoms with E-state index in [2.05, 4.69) is 57.6 Å². The van der Waals surface area contributed by atoms with Gasteiger partial charge in [0.15, 0.2) is 5.82 Å². The van der Waals surface area contributed by atoms with E-state index < -0.39 is 0 Å². The van der Waals surface area contributed by atoms with E-state index in [1.807, 2.05) is 30.7 Å². The summed E-state index contributed by atoms with van der Waals surface area (Å²) in [6, 6.07) is 10.7. The van der Waals surface area contributed by atoms with Crippen LogP contribution < -0.4 is 10.6 Å². The number of para-hydroxylation sites is 1. The van der Waals surface area contributed by atoms with Crippen LogP contribution in [0.5, 0.6) is 0 Å². The van der Waals surface area contributed by atoms with Gasteiger partial charge in [-0.3, -0.25) is 4.98 Å². The van der Waals surface area contributed by atoms with E-state index in [1.54, 1.807) is 0 Å². The van der Waals surface area contributed by atoms with Crippen molar-refractivity contribution in [3.05, 3.63) is 54.5 Å². The SMILES string of the molecule is CC1(C)CNCC[C@@H]1Nc1nc(-c2ccnc3[nH]c4ccccc4c23)nc2cncc(C3CCC3)c12. The standard InChI is InChI=1S/C29H31N7/c1-29(2)16-30-12-11-23(29)35-28-25-20(17-6-5-7-17)14-31-15-22(25)34-26(36-28)19-10-13-32-27-24(19)18-8-3-4-9-21(18)33-27/h3-4,8-10,13-15,17,23,30H,5-7,11-12,16H2,1-2H3,(H,32,33)(H,34,35,36)/t23-/m0/s1. The summed E-state index contributed by atoms with van der Waals surface area (Å²) in [5.74, 6) is 2.18. The van der Waals surface area contributed by atoms with Crippen molar-refractivity contribution in [3.8, 4) is 11.4 Å². The lowest BCUT2D eigenvalue weighted by atomic mass is 9.78. The molecule has 4 aromatic heterocycles. The molecule has 3 N–H and O–H groups in total. The molecule has 1 aliphatic heterocycles. The minimum atomic E-state index is 0.111. The molecule has 1 saturated heterocycles. The molecule has 1 atom stereocenters. The number of rotatable bonds is 4.